The fourth-order valence-corrected chi connectivity index (χ4v) is 1.61. The number of halogens is 1. The van der Waals surface area contributed by atoms with Gasteiger partial charge in [-0.05, 0) is 23.8 Å². The SMILES string of the molecule is COc1ncc(-c2ccc(O)c(F)c2)cc1C(=O)O. The van der Waals surface area contributed by atoms with E-state index in [1.807, 2.05) is 0 Å². The van der Waals surface area contributed by atoms with Crippen molar-refractivity contribution in [1.82, 2.24) is 4.98 Å². The molecule has 0 aliphatic carbocycles. The zero-order valence-electron chi connectivity index (χ0n) is 9.92. The molecule has 2 N–H and O–H groups in total. The molecule has 0 fully saturated rings. The smallest absolute Gasteiger partial charge is 0.341 e. The van der Waals surface area contributed by atoms with Gasteiger partial charge < -0.3 is 14.9 Å². The summed E-state index contributed by atoms with van der Waals surface area (Å²) in [5, 5.41) is 18.1. The first kappa shape index (κ1) is 12.8. The van der Waals surface area contributed by atoms with E-state index in [4.69, 9.17) is 14.9 Å². The molecule has 0 aliphatic rings. The van der Waals surface area contributed by atoms with Crippen molar-refractivity contribution < 1.29 is 24.1 Å². The number of rotatable bonds is 3. The van der Waals surface area contributed by atoms with Crippen molar-refractivity contribution in [3.05, 3.63) is 41.8 Å². The number of aromatic carboxylic acids is 1. The van der Waals surface area contributed by atoms with Crippen molar-refractivity contribution in [2.75, 3.05) is 7.11 Å². The first-order chi connectivity index (χ1) is 9.02. The molecular formula is C13H10FNO4. The van der Waals surface area contributed by atoms with E-state index in [0.29, 0.717) is 11.1 Å². The Morgan fingerprint density at radius 1 is 1.32 bits per heavy atom. The number of carbonyl (C=O) groups is 1. The number of pyridine rings is 1. The maximum Gasteiger partial charge on any atom is 0.341 e. The molecule has 6 heteroatoms. The van der Waals surface area contributed by atoms with Crippen molar-refractivity contribution >= 4 is 5.97 Å². The lowest BCUT2D eigenvalue weighted by Crippen LogP contribution is -2.02. The summed E-state index contributed by atoms with van der Waals surface area (Å²) in [5.41, 5.74) is 0.707. The molecule has 1 aromatic heterocycles. The Morgan fingerprint density at radius 2 is 2.05 bits per heavy atom. The number of hydrogen-bond donors (Lipinski definition) is 2. The quantitative estimate of drug-likeness (QED) is 0.888. The molecule has 0 unspecified atom stereocenters. The second-order valence-corrected chi connectivity index (χ2v) is 3.75. The Labute approximate surface area is 107 Å². The monoisotopic (exact) mass is 263 g/mol. The molecule has 0 aliphatic heterocycles. The van der Waals surface area contributed by atoms with E-state index >= 15 is 0 Å². The van der Waals surface area contributed by atoms with Crippen LogP contribution in [0.1, 0.15) is 10.4 Å². The van der Waals surface area contributed by atoms with E-state index in [-0.39, 0.29) is 11.4 Å². The molecular weight excluding hydrogens is 253 g/mol. The highest BCUT2D eigenvalue weighted by Gasteiger charge is 2.14. The molecule has 0 bridgehead atoms. The summed E-state index contributed by atoms with van der Waals surface area (Å²) in [6.07, 6.45) is 1.37. The molecule has 1 heterocycles. The number of methoxy groups -OCH3 is 1. The number of benzene rings is 1. The number of aromatic hydroxyl groups is 1. The third kappa shape index (κ3) is 2.47. The molecule has 0 atom stereocenters. The van der Waals surface area contributed by atoms with Gasteiger partial charge in [-0.15, -0.1) is 0 Å². The van der Waals surface area contributed by atoms with Crippen molar-refractivity contribution in [1.29, 1.82) is 0 Å². The first-order valence-electron chi connectivity index (χ1n) is 5.29. The van der Waals surface area contributed by atoms with Gasteiger partial charge in [0.05, 0.1) is 7.11 Å². The van der Waals surface area contributed by atoms with Gasteiger partial charge in [-0.25, -0.2) is 14.2 Å². The van der Waals surface area contributed by atoms with Crippen molar-refractivity contribution in [3.63, 3.8) is 0 Å². The Morgan fingerprint density at radius 3 is 2.63 bits per heavy atom. The normalized spacial score (nSPS) is 10.2. The molecule has 2 rings (SSSR count). The molecule has 19 heavy (non-hydrogen) atoms. The van der Waals surface area contributed by atoms with Gasteiger partial charge in [0.2, 0.25) is 5.88 Å². The van der Waals surface area contributed by atoms with E-state index in [1.54, 1.807) is 0 Å². The summed E-state index contributed by atoms with van der Waals surface area (Å²) in [6, 6.07) is 5.09. The van der Waals surface area contributed by atoms with Gasteiger partial charge in [0.15, 0.2) is 11.6 Å². The average molecular weight is 263 g/mol. The lowest BCUT2D eigenvalue weighted by atomic mass is 10.1. The molecule has 0 amide bonds. The van der Waals surface area contributed by atoms with Crippen LogP contribution in [0.15, 0.2) is 30.5 Å². The van der Waals surface area contributed by atoms with Crippen LogP contribution in [0.3, 0.4) is 0 Å². The second-order valence-electron chi connectivity index (χ2n) is 3.75. The second kappa shape index (κ2) is 4.93. The van der Waals surface area contributed by atoms with E-state index in [1.165, 1.54) is 31.5 Å². The zero-order chi connectivity index (χ0) is 14.0. The fourth-order valence-electron chi connectivity index (χ4n) is 1.61. The standard InChI is InChI=1S/C13H10FNO4/c1-19-12-9(13(17)18)4-8(6-15-12)7-2-3-11(16)10(14)5-7/h2-6,16H,1H3,(H,17,18). The van der Waals surface area contributed by atoms with E-state index in [0.717, 1.165) is 6.07 Å². The van der Waals surface area contributed by atoms with Gasteiger partial charge in [0.25, 0.3) is 0 Å². The van der Waals surface area contributed by atoms with Crippen LogP contribution >= 0.6 is 0 Å². The molecule has 0 saturated carbocycles. The molecule has 5 nitrogen and oxygen atoms in total. The summed E-state index contributed by atoms with van der Waals surface area (Å²) < 4.78 is 18.1. The Bertz CT molecular complexity index is 643. The van der Waals surface area contributed by atoms with Gasteiger partial charge in [-0.3, -0.25) is 0 Å². The summed E-state index contributed by atoms with van der Waals surface area (Å²) in [4.78, 5) is 14.9. The summed E-state index contributed by atoms with van der Waals surface area (Å²) >= 11 is 0. The van der Waals surface area contributed by atoms with Crippen molar-refractivity contribution in [2.24, 2.45) is 0 Å². The number of carboxylic acid groups (broad SMARTS) is 1. The highest BCUT2D eigenvalue weighted by Crippen LogP contribution is 2.27. The minimum Gasteiger partial charge on any atom is -0.505 e. The molecule has 0 saturated heterocycles. The third-order valence-electron chi connectivity index (χ3n) is 2.56. The van der Waals surface area contributed by atoms with Gasteiger partial charge in [0.1, 0.15) is 5.56 Å². The van der Waals surface area contributed by atoms with Gasteiger partial charge in [-0.1, -0.05) is 6.07 Å². The minimum atomic E-state index is -1.19. The first-order valence-corrected chi connectivity index (χ1v) is 5.29. The number of phenols is 1. The van der Waals surface area contributed by atoms with Crippen molar-refractivity contribution in [2.45, 2.75) is 0 Å². The highest BCUT2D eigenvalue weighted by molar-refractivity contribution is 5.91. The number of ether oxygens (including phenoxy) is 1. The Balaban J connectivity index is 2.53. The number of carboxylic acids is 1. The largest absolute Gasteiger partial charge is 0.505 e. The predicted octanol–water partition coefficient (Wildman–Crippen LogP) is 2.30. The molecule has 0 radical (unpaired) electrons. The maximum absolute atomic E-state index is 13.3. The van der Waals surface area contributed by atoms with Crippen LogP contribution in [0.25, 0.3) is 11.1 Å². The number of aromatic nitrogens is 1. The topological polar surface area (TPSA) is 79.7 Å². The Kier molecular flexibility index (Phi) is 3.33. The minimum absolute atomic E-state index is 0.0181. The van der Waals surface area contributed by atoms with E-state index in [2.05, 4.69) is 4.98 Å². The molecule has 98 valence electrons. The fraction of sp³-hybridized carbons (Fsp3) is 0.0769. The van der Waals surface area contributed by atoms with Crippen LogP contribution in [0.5, 0.6) is 11.6 Å². The van der Waals surface area contributed by atoms with Crippen LogP contribution in [0, 0.1) is 5.82 Å². The van der Waals surface area contributed by atoms with E-state index in [9.17, 15) is 9.18 Å². The molecule has 1 aromatic carbocycles. The van der Waals surface area contributed by atoms with Crippen LogP contribution in [-0.4, -0.2) is 28.3 Å². The molecule has 2 aromatic rings. The van der Waals surface area contributed by atoms with Crippen LogP contribution in [-0.2, 0) is 0 Å². The van der Waals surface area contributed by atoms with Gasteiger partial charge in [-0.2, -0.15) is 0 Å². The van der Waals surface area contributed by atoms with Crippen LogP contribution in [0.2, 0.25) is 0 Å². The summed E-state index contributed by atoms with van der Waals surface area (Å²) in [6.45, 7) is 0. The summed E-state index contributed by atoms with van der Waals surface area (Å²) in [5.74, 6) is -2.46. The van der Waals surface area contributed by atoms with Gasteiger partial charge in [0, 0.05) is 11.8 Å². The number of hydrogen-bond acceptors (Lipinski definition) is 4. The zero-order valence-corrected chi connectivity index (χ0v) is 9.92. The Hall–Kier alpha value is -2.63. The number of nitrogens with zero attached hydrogens (tertiary/aromatic N) is 1. The maximum atomic E-state index is 13.3. The van der Waals surface area contributed by atoms with E-state index < -0.39 is 17.5 Å². The van der Waals surface area contributed by atoms with Crippen LogP contribution in [0.4, 0.5) is 4.39 Å². The number of phenolic OH excluding ortho intramolecular Hbond substituents is 1. The highest BCUT2D eigenvalue weighted by atomic mass is 19.1. The van der Waals surface area contributed by atoms with Crippen LogP contribution < -0.4 is 4.74 Å². The van der Waals surface area contributed by atoms with Crippen molar-refractivity contribution in [3.8, 4) is 22.8 Å². The molecule has 0 spiro atoms. The summed E-state index contributed by atoms with van der Waals surface area (Å²) in [7, 11) is 1.31. The third-order valence-corrected chi connectivity index (χ3v) is 2.56. The predicted molar refractivity (Wildman–Crippen MR) is 64.8 cm³/mol. The lowest BCUT2D eigenvalue weighted by Gasteiger charge is -2.07. The van der Waals surface area contributed by atoms with Gasteiger partial charge >= 0.3 is 5.97 Å². The lowest BCUT2D eigenvalue weighted by molar-refractivity contribution is 0.0692. The average Bonchev–Trinajstić information content (AvgIpc) is 2.41.